The minimum atomic E-state index is 0.464. The molecule has 0 saturated carbocycles. The van der Waals surface area contributed by atoms with E-state index in [4.69, 9.17) is 9.57 Å². The molecule has 2 N–H and O–H groups in total. The highest BCUT2D eigenvalue weighted by Gasteiger charge is 1.87. The van der Waals surface area contributed by atoms with Crippen LogP contribution in [0.15, 0.2) is 0 Å². The van der Waals surface area contributed by atoms with Crippen molar-refractivity contribution < 1.29 is 9.57 Å². The Labute approximate surface area is 74.6 Å². The fourth-order valence-electron chi connectivity index (χ4n) is 0.733. The molecule has 0 fully saturated rings. The Bertz CT molecular complexity index is 71.5. The SMILES string of the molecule is CCCCCOCNOCNC. The molecule has 4 nitrogen and oxygen atoms in total. The maximum absolute atomic E-state index is 5.22. The first-order valence-corrected chi connectivity index (χ1v) is 4.48. The molecule has 0 aromatic carbocycles. The van der Waals surface area contributed by atoms with Crippen LogP contribution < -0.4 is 10.8 Å². The molecular formula is C8H20N2O2. The highest BCUT2D eigenvalue weighted by Crippen LogP contribution is 1.92. The van der Waals surface area contributed by atoms with Crippen molar-refractivity contribution in [3.63, 3.8) is 0 Å². The van der Waals surface area contributed by atoms with Gasteiger partial charge in [-0.05, 0) is 13.5 Å². The van der Waals surface area contributed by atoms with E-state index in [1.165, 1.54) is 12.8 Å². The Balaban J connectivity index is 2.73. The second-order valence-electron chi connectivity index (χ2n) is 2.55. The fraction of sp³-hybridized carbons (Fsp3) is 1.00. The average molecular weight is 176 g/mol. The topological polar surface area (TPSA) is 42.5 Å². The van der Waals surface area contributed by atoms with Crippen LogP contribution in [0.2, 0.25) is 0 Å². The van der Waals surface area contributed by atoms with Gasteiger partial charge in [0.05, 0.1) is 0 Å². The maximum atomic E-state index is 5.22. The molecule has 0 bridgehead atoms. The van der Waals surface area contributed by atoms with E-state index in [0.717, 1.165) is 13.0 Å². The van der Waals surface area contributed by atoms with Crippen molar-refractivity contribution in [2.45, 2.75) is 26.2 Å². The summed E-state index contributed by atoms with van der Waals surface area (Å²) in [4.78, 5) is 4.90. The van der Waals surface area contributed by atoms with E-state index in [9.17, 15) is 0 Å². The summed E-state index contributed by atoms with van der Waals surface area (Å²) in [6, 6.07) is 0. The van der Waals surface area contributed by atoms with Gasteiger partial charge >= 0.3 is 0 Å². The third kappa shape index (κ3) is 9.84. The van der Waals surface area contributed by atoms with Crippen LogP contribution in [0.3, 0.4) is 0 Å². The molecule has 0 aliphatic heterocycles. The van der Waals surface area contributed by atoms with E-state index in [0.29, 0.717) is 13.5 Å². The summed E-state index contributed by atoms with van der Waals surface area (Å²) in [5.41, 5.74) is 2.68. The molecule has 0 saturated heterocycles. The lowest BCUT2D eigenvalue weighted by molar-refractivity contribution is -0.0388. The Hall–Kier alpha value is -0.160. The van der Waals surface area contributed by atoms with Crippen molar-refractivity contribution in [1.82, 2.24) is 10.8 Å². The second kappa shape index (κ2) is 10.8. The Morgan fingerprint density at radius 1 is 1.17 bits per heavy atom. The number of ether oxygens (including phenoxy) is 1. The van der Waals surface area contributed by atoms with Crippen LogP contribution in [0.1, 0.15) is 26.2 Å². The zero-order valence-electron chi connectivity index (χ0n) is 8.06. The molecule has 0 aliphatic carbocycles. The van der Waals surface area contributed by atoms with Gasteiger partial charge in [0.2, 0.25) is 0 Å². The first-order chi connectivity index (χ1) is 5.91. The van der Waals surface area contributed by atoms with E-state index in [2.05, 4.69) is 17.7 Å². The van der Waals surface area contributed by atoms with Gasteiger partial charge < -0.3 is 4.74 Å². The lowest BCUT2D eigenvalue weighted by Gasteiger charge is -2.05. The molecule has 0 radical (unpaired) electrons. The van der Waals surface area contributed by atoms with E-state index in [1.54, 1.807) is 0 Å². The lowest BCUT2D eigenvalue weighted by atomic mass is 10.3. The number of rotatable bonds is 9. The summed E-state index contributed by atoms with van der Waals surface area (Å²) in [7, 11) is 1.82. The minimum absolute atomic E-state index is 0.464. The largest absolute Gasteiger partial charge is 0.364 e. The lowest BCUT2D eigenvalue weighted by Crippen LogP contribution is -2.24. The maximum Gasteiger partial charge on any atom is 0.119 e. The molecule has 0 atom stereocenters. The molecule has 0 heterocycles. The summed E-state index contributed by atoms with van der Waals surface area (Å²) < 4.78 is 5.22. The average Bonchev–Trinajstić information content (AvgIpc) is 2.10. The number of hydroxylamine groups is 1. The van der Waals surface area contributed by atoms with Crippen molar-refractivity contribution in [3.8, 4) is 0 Å². The Morgan fingerprint density at radius 3 is 2.67 bits per heavy atom. The van der Waals surface area contributed by atoms with Gasteiger partial charge in [-0.15, -0.1) is 0 Å². The summed E-state index contributed by atoms with van der Waals surface area (Å²) >= 11 is 0. The minimum Gasteiger partial charge on any atom is -0.364 e. The molecule has 0 aromatic rings. The number of hydrogen-bond acceptors (Lipinski definition) is 4. The molecule has 0 unspecified atom stereocenters. The molecule has 0 amide bonds. The normalized spacial score (nSPS) is 10.5. The van der Waals surface area contributed by atoms with E-state index < -0.39 is 0 Å². The summed E-state index contributed by atoms with van der Waals surface area (Å²) in [6.45, 7) is 3.95. The van der Waals surface area contributed by atoms with Gasteiger partial charge in [-0.3, -0.25) is 10.2 Å². The first-order valence-electron chi connectivity index (χ1n) is 4.48. The van der Waals surface area contributed by atoms with E-state index in [-0.39, 0.29) is 0 Å². The highest BCUT2D eigenvalue weighted by atomic mass is 16.7. The predicted octanol–water partition coefficient (Wildman–Crippen LogP) is 0.849. The number of nitrogens with one attached hydrogen (secondary N) is 2. The molecule has 74 valence electrons. The predicted molar refractivity (Wildman–Crippen MR) is 48.5 cm³/mol. The van der Waals surface area contributed by atoms with E-state index >= 15 is 0 Å². The molecule has 0 spiro atoms. The van der Waals surface area contributed by atoms with Gasteiger partial charge in [-0.2, -0.15) is 5.48 Å². The third-order valence-electron chi connectivity index (χ3n) is 1.37. The van der Waals surface area contributed by atoms with Crippen LogP contribution in [-0.4, -0.2) is 27.1 Å². The summed E-state index contributed by atoms with van der Waals surface area (Å²) in [6.07, 6.45) is 3.59. The van der Waals surface area contributed by atoms with Crippen molar-refractivity contribution >= 4 is 0 Å². The Morgan fingerprint density at radius 2 is 2.00 bits per heavy atom. The monoisotopic (exact) mass is 176 g/mol. The molecular weight excluding hydrogens is 156 g/mol. The van der Waals surface area contributed by atoms with Gasteiger partial charge in [0, 0.05) is 6.61 Å². The van der Waals surface area contributed by atoms with Crippen molar-refractivity contribution in [3.05, 3.63) is 0 Å². The standard InChI is InChI=1S/C8H20N2O2/c1-3-4-5-6-11-8-10-12-7-9-2/h9-10H,3-8H2,1-2H3. The first kappa shape index (κ1) is 11.8. The van der Waals surface area contributed by atoms with Crippen LogP contribution in [0.5, 0.6) is 0 Å². The van der Waals surface area contributed by atoms with Crippen LogP contribution in [0.25, 0.3) is 0 Å². The van der Waals surface area contributed by atoms with Gasteiger partial charge in [-0.1, -0.05) is 19.8 Å². The van der Waals surface area contributed by atoms with Crippen LogP contribution in [0, 0.1) is 0 Å². The number of hydrogen-bond donors (Lipinski definition) is 2. The summed E-state index contributed by atoms with van der Waals surface area (Å²) in [5.74, 6) is 0. The quantitative estimate of drug-likeness (QED) is 0.310. The van der Waals surface area contributed by atoms with Crippen LogP contribution in [-0.2, 0) is 9.57 Å². The third-order valence-corrected chi connectivity index (χ3v) is 1.37. The zero-order chi connectivity index (χ0) is 9.07. The molecule has 0 aromatic heterocycles. The van der Waals surface area contributed by atoms with Gasteiger partial charge in [-0.25, -0.2) is 0 Å². The molecule has 0 rings (SSSR count). The number of unbranched alkanes of at least 4 members (excludes halogenated alkanes) is 2. The van der Waals surface area contributed by atoms with Crippen LogP contribution in [0.4, 0.5) is 0 Å². The summed E-state index contributed by atoms with van der Waals surface area (Å²) in [5, 5.41) is 2.84. The smallest absolute Gasteiger partial charge is 0.119 e. The van der Waals surface area contributed by atoms with Gasteiger partial charge in [0.25, 0.3) is 0 Å². The zero-order valence-corrected chi connectivity index (χ0v) is 8.06. The Kier molecular flexibility index (Phi) is 10.7. The highest BCUT2D eigenvalue weighted by molar-refractivity contribution is 4.34. The van der Waals surface area contributed by atoms with Gasteiger partial charge in [0.15, 0.2) is 0 Å². The fourth-order valence-corrected chi connectivity index (χ4v) is 0.733. The van der Waals surface area contributed by atoms with Crippen molar-refractivity contribution in [1.29, 1.82) is 0 Å². The van der Waals surface area contributed by atoms with Crippen molar-refractivity contribution in [2.75, 3.05) is 27.1 Å². The molecule has 4 heteroatoms. The van der Waals surface area contributed by atoms with E-state index in [1.807, 2.05) is 7.05 Å². The molecule has 12 heavy (non-hydrogen) atoms. The second-order valence-corrected chi connectivity index (χ2v) is 2.55. The van der Waals surface area contributed by atoms with Crippen LogP contribution >= 0.6 is 0 Å². The van der Waals surface area contributed by atoms with Gasteiger partial charge in [0.1, 0.15) is 13.5 Å². The molecule has 0 aliphatic rings. The van der Waals surface area contributed by atoms with Crippen molar-refractivity contribution in [2.24, 2.45) is 0 Å².